The van der Waals surface area contributed by atoms with E-state index in [2.05, 4.69) is 10.3 Å². The summed E-state index contributed by atoms with van der Waals surface area (Å²) in [6.07, 6.45) is 6.40. The number of nitrogens with zero attached hydrogens (tertiary/aromatic N) is 1. The smallest absolute Gasteiger partial charge is 0.335 e. The normalized spacial score (nSPS) is 19.6. The first-order chi connectivity index (χ1) is 7.27. The topological polar surface area (TPSA) is 62.2 Å². The number of carboxylic acid groups (broad SMARTS) is 1. The second kappa shape index (κ2) is 4.13. The Labute approximate surface area is 87.7 Å². The molecule has 0 saturated heterocycles. The van der Waals surface area contributed by atoms with Crippen LogP contribution in [0.2, 0.25) is 0 Å². The van der Waals surface area contributed by atoms with Crippen LogP contribution in [0.3, 0.4) is 0 Å². The Bertz CT molecular complexity index is 401. The van der Waals surface area contributed by atoms with Crippen molar-refractivity contribution in [1.82, 2.24) is 10.3 Å². The van der Waals surface area contributed by atoms with Crippen LogP contribution in [0.4, 0.5) is 0 Å². The number of aromatic nitrogens is 1. The van der Waals surface area contributed by atoms with Gasteiger partial charge in [0.25, 0.3) is 0 Å². The van der Waals surface area contributed by atoms with Gasteiger partial charge in [-0.05, 0) is 24.8 Å². The zero-order valence-electron chi connectivity index (χ0n) is 8.18. The monoisotopic (exact) mass is 204 g/mol. The SMILES string of the molecule is O=C(O)c1ccnc(C2C=CNCC2)c1. The van der Waals surface area contributed by atoms with Crippen molar-refractivity contribution in [3.63, 3.8) is 0 Å². The third kappa shape index (κ3) is 2.15. The van der Waals surface area contributed by atoms with Crippen LogP contribution in [0.5, 0.6) is 0 Å². The van der Waals surface area contributed by atoms with Crippen molar-refractivity contribution in [2.75, 3.05) is 6.54 Å². The fourth-order valence-corrected chi connectivity index (χ4v) is 1.63. The highest BCUT2D eigenvalue weighted by Gasteiger charge is 2.13. The Hall–Kier alpha value is -1.84. The fraction of sp³-hybridized carbons (Fsp3) is 0.273. The molecule has 1 atom stereocenters. The molecule has 1 aromatic heterocycles. The third-order valence-corrected chi connectivity index (χ3v) is 2.45. The summed E-state index contributed by atoms with van der Waals surface area (Å²) in [6, 6.07) is 3.15. The van der Waals surface area contributed by atoms with Gasteiger partial charge >= 0.3 is 5.97 Å². The first kappa shape index (κ1) is 9.71. The largest absolute Gasteiger partial charge is 0.478 e. The van der Waals surface area contributed by atoms with Crippen molar-refractivity contribution in [2.24, 2.45) is 0 Å². The van der Waals surface area contributed by atoms with Crippen molar-refractivity contribution < 1.29 is 9.90 Å². The fourth-order valence-electron chi connectivity index (χ4n) is 1.63. The van der Waals surface area contributed by atoms with E-state index in [1.807, 2.05) is 12.3 Å². The Morgan fingerprint density at radius 3 is 3.13 bits per heavy atom. The molecule has 0 fully saturated rings. The molecule has 1 aromatic rings. The predicted octanol–water partition coefficient (Wildman–Crippen LogP) is 1.37. The van der Waals surface area contributed by atoms with Gasteiger partial charge in [-0.25, -0.2) is 4.79 Å². The van der Waals surface area contributed by atoms with Gasteiger partial charge in [0.2, 0.25) is 0 Å². The number of rotatable bonds is 2. The maximum absolute atomic E-state index is 10.8. The Kier molecular flexibility index (Phi) is 2.67. The molecule has 4 heteroatoms. The van der Waals surface area contributed by atoms with Crippen molar-refractivity contribution in [3.05, 3.63) is 41.9 Å². The minimum atomic E-state index is -0.906. The number of allylic oxidation sites excluding steroid dienone is 1. The third-order valence-electron chi connectivity index (χ3n) is 2.45. The van der Waals surface area contributed by atoms with Crippen LogP contribution in [0.15, 0.2) is 30.6 Å². The minimum Gasteiger partial charge on any atom is -0.478 e. The van der Waals surface area contributed by atoms with E-state index in [0.29, 0.717) is 5.56 Å². The molecule has 2 heterocycles. The van der Waals surface area contributed by atoms with Gasteiger partial charge in [-0.15, -0.1) is 0 Å². The van der Waals surface area contributed by atoms with Gasteiger partial charge in [0.15, 0.2) is 0 Å². The van der Waals surface area contributed by atoms with Crippen molar-refractivity contribution in [2.45, 2.75) is 12.3 Å². The molecule has 0 bridgehead atoms. The number of aromatic carboxylic acids is 1. The molecule has 0 amide bonds. The van der Waals surface area contributed by atoms with Crippen LogP contribution in [0.1, 0.15) is 28.4 Å². The molecule has 0 aromatic carbocycles. The van der Waals surface area contributed by atoms with Gasteiger partial charge in [-0.2, -0.15) is 0 Å². The van der Waals surface area contributed by atoms with E-state index in [0.717, 1.165) is 18.7 Å². The van der Waals surface area contributed by atoms with E-state index in [1.54, 1.807) is 12.3 Å². The minimum absolute atomic E-state index is 0.227. The van der Waals surface area contributed by atoms with E-state index < -0.39 is 5.97 Å². The van der Waals surface area contributed by atoms with Crippen LogP contribution in [-0.2, 0) is 0 Å². The van der Waals surface area contributed by atoms with Crippen molar-refractivity contribution in [3.8, 4) is 0 Å². The standard InChI is InChI=1S/C11H12N2O2/c14-11(15)9-3-6-13-10(7-9)8-1-4-12-5-2-8/h1,3-4,6-8,12H,2,5H2,(H,14,15). The molecule has 2 N–H and O–H groups in total. The van der Waals surface area contributed by atoms with Crippen molar-refractivity contribution in [1.29, 1.82) is 0 Å². The molecule has 1 aliphatic heterocycles. The molecule has 15 heavy (non-hydrogen) atoms. The summed E-state index contributed by atoms with van der Waals surface area (Å²) in [5, 5.41) is 11.9. The van der Waals surface area contributed by atoms with Gasteiger partial charge in [0.1, 0.15) is 0 Å². The lowest BCUT2D eigenvalue weighted by Crippen LogP contribution is -2.17. The molecule has 1 aliphatic rings. The van der Waals surface area contributed by atoms with Crippen LogP contribution in [0.25, 0.3) is 0 Å². The quantitative estimate of drug-likeness (QED) is 0.763. The number of hydrogen-bond acceptors (Lipinski definition) is 3. The van der Waals surface area contributed by atoms with Gasteiger partial charge < -0.3 is 10.4 Å². The maximum atomic E-state index is 10.8. The van der Waals surface area contributed by atoms with E-state index >= 15 is 0 Å². The number of nitrogens with one attached hydrogen (secondary N) is 1. The number of pyridine rings is 1. The van der Waals surface area contributed by atoms with Crippen LogP contribution >= 0.6 is 0 Å². The lowest BCUT2D eigenvalue weighted by Gasteiger charge is -2.16. The Balaban J connectivity index is 2.27. The number of hydrogen-bond donors (Lipinski definition) is 2. The van der Waals surface area contributed by atoms with E-state index in [4.69, 9.17) is 5.11 Å². The summed E-state index contributed by atoms with van der Waals surface area (Å²) in [6.45, 7) is 0.903. The molecule has 1 unspecified atom stereocenters. The van der Waals surface area contributed by atoms with Crippen LogP contribution < -0.4 is 5.32 Å². The summed E-state index contributed by atoms with van der Waals surface area (Å²) in [7, 11) is 0. The van der Waals surface area contributed by atoms with E-state index in [1.165, 1.54) is 6.07 Å². The predicted molar refractivity (Wildman–Crippen MR) is 55.7 cm³/mol. The lowest BCUT2D eigenvalue weighted by molar-refractivity contribution is 0.0696. The average Bonchev–Trinajstić information content (AvgIpc) is 2.30. The van der Waals surface area contributed by atoms with Crippen LogP contribution in [0, 0.1) is 0 Å². The van der Waals surface area contributed by atoms with Gasteiger partial charge in [-0.1, -0.05) is 6.08 Å². The zero-order valence-corrected chi connectivity index (χ0v) is 8.18. The molecule has 0 saturated carbocycles. The highest BCUT2D eigenvalue weighted by Crippen LogP contribution is 2.21. The van der Waals surface area contributed by atoms with Gasteiger partial charge in [0, 0.05) is 24.4 Å². The summed E-state index contributed by atoms with van der Waals surface area (Å²) < 4.78 is 0. The molecular weight excluding hydrogens is 192 g/mol. The molecule has 0 aliphatic carbocycles. The first-order valence-electron chi connectivity index (χ1n) is 4.86. The molecule has 0 radical (unpaired) electrons. The molecule has 4 nitrogen and oxygen atoms in total. The summed E-state index contributed by atoms with van der Waals surface area (Å²) in [5.41, 5.74) is 1.12. The molecule has 0 spiro atoms. The van der Waals surface area contributed by atoms with Gasteiger partial charge in [-0.3, -0.25) is 4.98 Å². The first-order valence-corrected chi connectivity index (χ1v) is 4.86. The second-order valence-electron chi connectivity index (χ2n) is 3.48. The average molecular weight is 204 g/mol. The molecule has 78 valence electrons. The number of carboxylic acids is 1. The Morgan fingerprint density at radius 1 is 1.60 bits per heavy atom. The Morgan fingerprint density at radius 2 is 2.47 bits per heavy atom. The van der Waals surface area contributed by atoms with E-state index in [9.17, 15) is 4.79 Å². The molecule has 2 rings (SSSR count). The highest BCUT2D eigenvalue weighted by atomic mass is 16.4. The molecular formula is C11H12N2O2. The summed E-state index contributed by atoms with van der Waals surface area (Å²) >= 11 is 0. The zero-order chi connectivity index (χ0) is 10.7. The second-order valence-corrected chi connectivity index (χ2v) is 3.48. The van der Waals surface area contributed by atoms with Gasteiger partial charge in [0.05, 0.1) is 5.56 Å². The van der Waals surface area contributed by atoms with E-state index in [-0.39, 0.29) is 5.92 Å². The van der Waals surface area contributed by atoms with Crippen LogP contribution in [-0.4, -0.2) is 22.6 Å². The lowest BCUT2D eigenvalue weighted by atomic mass is 9.98. The highest BCUT2D eigenvalue weighted by molar-refractivity contribution is 5.87. The number of carbonyl (C=O) groups is 1. The summed E-state index contributed by atoms with van der Waals surface area (Å²) in [4.78, 5) is 15.0. The summed E-state index contributed by atoms with van der Waals surface area (Å²) in [5.74, 6) is -0.679. The maximum Gasteiger partial charge on any atom is 0.335 e. The van der Waals surface area contributed by atoms with Crippen molar-refractivity contribution >= 4 is 5.97 Å².